The molecule has 0 saturated carbocycles. The van der Waals surface area contributed by atoms with Crippen molar-refractivity contribution in [3.63, 3.8) is 0 Å². The Morgan fingerprint density at radius 2 is 2.16 bits per heavy atom. The summed E-state index contributed by atoms with van der Waals surface area (Å²) in [6, 6.07) is 7.51. The molecule has 0 radical (unpaired) electrons. The van der Waals surface area contributed by atoms with Gasteiger partial charge in [0.1, 0.15) is 0 Å². The topological polar surface area (TPSA) is 95.6 Å². The van der Waals surface area contributed by atoms with Crippen molar-refractivity contribution in [3.8, 4) is 6.07 Å². The molecule has 1 heterocycles. The summed E-state index contributed by atoms with van der Waals surface area (Å²) in [5, 5.41) is 8.83. The molecule has 2 aromatic rings. The number of anilines is 1. The fourth-order valence-corrected chi connectivity index (χ4v) is 1.99. The van der Waals surface area contributed by atoms with Crippen LogP contribution in [-0.4, -0.2) is 9.97 Å². The number of nitrogens with zero attached hydrogens (tertiary/aromatic N) is 2. The zero-order valence-corrected chi connectivity index (χ0v) is 10.8. The SMILES string of the molecule is Cc1cc(C#N)ccc1Cc1c(C)nc(N)[nH]c1=O. The predicted octanol–water partition coefficient (Wildman–Crippen LogP) is 1.43. The molecule has 0 aliphatic carbocycles. The zero-order chi connectivity index (χ0) is 14.0. The average molecular weight is 254 g/mol. The molecule has 0 aliphatic heterocycles. The van der Waals surface area contributed by atoms with Gasteiger partial charge < -0.3 is 5.73 Å². The predicted molar refractivity (Wildman–Crippen MR) is 72.7 cm³/mol. The van der Waals surface area contributed by atoms with E-state index < -0.39 is 0 Å². The van der Waals surface area contributed by atoms with E-state index in [-0.39, 0.29) is 11.5 Å². The first-order chi connectivity index (χ1) is 9.01. The van der Waals surface area contributed by atoms with Gasteiger partial charge in [-0.3, -0.25) is 9.78 Å². The number of nitrogens with one attached hydrogen (secondary N) is 1. The molecule has 0 spiro atoms. The summed E-state index contributed by atoms with van der Waals surface area (Å²) in [6.45, 7) is 3.68. The molecule has 19 heavy (non-hydrogen) atoms. The molecule has 2 rings (SSSR count). The lowest BCUT2D eigenvalue weighted by Crippen LogP contribution is -2.19. The van der Waals surface area contributed by atoms with Crippen LogP contribution < -0.4 is 11.3 Å². The number of aromatic amines is 1. The summed E-state index contributed by atoms with van der Waals surface area (Å²) < 4.78 is 0. The largest absolute Gasteiger partial charge is 0.369 e. The standard InChI is InChI=1S/C14H14N4O/c1-8-5-10(7-15)3-4-11(8)6-12-9(2)17-14(16)18-13(12)19/h3-5H,6H2,1-2H3,(H3,16,17,18,19). The van der Waals surface area contributed by atoms with Crippen molar-refractivity contribution in [2.24, 2.45) is 0 Å². The lowest BCUT2D eigenvalue weighted by molar-refractivity contribution is 0.985. The third-order valence-electron chi connectivity index (χ3n) is 3.08. The molecule has 0 atom stereocenters. The highest BCUT2D eigenvalue weighted by Gasteiger charge is 2.09. The van der Waals surface area contributed by atoms with Crippen LogP contribution >= 0.6 is 0 Å². The van der Waals surface area contributed by atoms with Crippen LogP contribution in [0.4, 0.5) is 5.95 Å². The third-order valence-corrected chi connectivity index (χ3v) is 3.08. The lowest BCUT2D eigenvalue weighted by Gasteiger charge is -2.08. The van der Waals surface area contributed by atoms with E-state index in [4.69, 9.17) is 11.0 Å². The summed E-state index contributed by atoms with van der Waals surface area (Å²) >= 11 is 0. The highest BCUT2D eigenvalue weighted by atomic mass is 16.1. The van der Waals surface area contributed by atoms with Gasteiger partial charge in [-0.2, -0.15) is 5.26 Å². The van der Waals surface area contributed by atoms with Crippen LogP contribution in [0.15, 0.2) is 23.0 Å². The van der Waals surface area contributed by atoms with Gasteiger partial charge in [0.2, 0.25) is 5.95 Å². The Morgan fingerprint density at radius 1 is 1.42 bits per heavy atom. The van der Waals surface area contributed by atoms with Gasteiger partial charge in [0, 0.05) is 12.0 Å². The molecule has 96 valence electrons. The number of aryl methyl sites for hydroxylation is 2. The van der Waals surface area contributed by atoms with Gasteiger partial charge in [-0.05, 0) is 37.1 Å². The van der Waals surface area contributed by atoms with Crippen molar-refractivity contribution in [3.05, 3.63) is 56.5 Å². The Bertz CT molecular complexity index is 725. The van der Waals surface area contributed by atoms with E-state index in [1.807, 2.05) is 19.1 Å². The number of nitrogens with two attached hydrogens (primary N) is 1. The Kier molecular flexibility index (Phi) is 3.34. The maximum absolute atomic E-state index is 11.9. The molecule has 0 fully saturated rings. The molecule has 0 bridgehead atoms. The monoisotopic (exact) mass is 254 g/mol. The van der Waals surface area contributed by atoms with Crippen LogP contribution in [0.1, 0.15) is 27.9 Å². The van der Waals surface area contributed by atoms with Crippen molar-refractivity contribution in [2.75, 3.05) is 5.73 Å². The molecule has 0 amide bonds. The number of hydrogen-bond donors (Lipinski definition) is 2. The van der Waals surface area contributed by atoms with Crippen molar-refractivity contribution in [1.82, 2.24) is 9.97 Å². The van der Waals surface area contributed by atoms with Gasteiger partial charge in [-0.1, -0.05) is 6.07 Å². The van der Waals surface area contributed by atoms with E-state index in [2.05, 4.69) is 16.0 Å². The molecular formula is C14H14N4O. The summed E-state index contributed by atoms with van der Waals surface area (Å²) in [4.78, 5) is 18.4. The number of aromatic nitrogens is 2. The lowest BCUT2D eigenvalue weighted by atomic mass is 9.99. The molecule has 0 aliphatic rings. The van der Waals surface area contributed by atoms with Gasteiger partial charge in [0.25, 0.3) is 5.56 Å². The van der Waals surface area contributed by atoms with Gasteiger partial charge in [0.15, 0.2) is 0 Å². The minimum Gasteiger partial charge on any atom is -0.369 e. The van der Waals surface area contributed by atoms with E-state index in [0.29, 0.717) is 23.2 Å². The number of H-pyrrole nitrogens is 1. The molecule has 3 N–H and O–H groups in total. The quantitative estimate of drug-likeness (QED) is 0.847. The van der Waals surface area contributed by atoms with Crippen molar-refractivity contribution in [2.45, 2.75) is 20.3 Å². The molecule has 1 aromatic heterocycles. The number of hydrogen-bond acceptors (Lipinski definition) is 4. The van der Waals surface area contributed by atoms with Crippen LogP contribution in [0.2, 0.25) is 0 Å². The Hall–Kier alpha value is -2.61. The van der Waals surface area contributed by atoms with Crippen LogP contribution in [0, 0.1) is 25.2 Å². The van der Waals surface area contributed by atoms with Gasteiger partial charge in [-0.15, -0.1) is 0 Å². The number of nitrogen functional groups attached to an aromatic ring is 1. The Labute approximate surface area is 110 Å². The maximum atomic E-state index is 11.9. The second kappa shape index (κ2) is 4.94. The Morgan fingerprint density at radius 3 is 2.74 bits per heavy atom. The normalized spacial score (nSPS) is 10.2. The van der Waals surface area contributed by atoms with E-state index in [9.17, 15) is 4.79 Å². The molecule has 5 heteroatoms. The van der Waals surface area contributed by atoms with E-state index in [1.165, 1.54) is 0 Å². The molecule has 5 nitrogen and oxygen atoms in total. The summed E-state index contributed by atoms with van der Waals surface area (Å²) in [5.41, 5.74) is 9.10. The minimum absolute atomic E-state index is 0.128. The van der Waals surface area contributed by atoms with Crippen LogP contribution in [0.3, 0.4) is 0 Å². The highest BCUT2D eigenvalue weighted by molar-refractivity contribution is 5.40. The fraction of sp³-hybridized carbons (Fsp3) is 0.214. The maximum Gasteiger partial charge on any atom is 0.256 e. The number of rotatable bonds is 2. The number of nitriles is 1. The van der Waals surface area contributed by atoms with E-state index in [1.54, 1.807) is 13.0 Å². The van der Waals surface area contributed by atoms with Crippen LogP contribution in [0.25, 0.3) is 0 Å². The number of benzene rings is 1. The van der Waals surface area contributed by atoms with Gasteiger partial charge >= 0.3 is 0 Å². The van der Waals surface area contributed by atoms with E-state index in [0.717, 1.165) is 11.1 Å². The molecule has 0 unspecified atom stereocenters. The fourth-order valence-electron chi connectivity index (χ4n) is 1.99. The first kappa shape index (κ1) is 12.8. The van der Waals surface area contributed by atoms with Crippen molar-refractivity contribution >= 4 is 5.95 Å². The van der Waals surface area contributed by atoms with E-state index >= 15 is 0 Å². The first-order valence-electron chi connectivity index (χ1n) is 5.86. The smallest absolute Gasteiger partial charge is 0.256 e. The van der Waals surface area contributed by atoms with Crippen molar-refractivity contribution in [1.29, 1.82) is 5.26 Å². The average Bonchev–Trinajstić information content (AvgIpc) is 2.35. The minimum atomic E-state index is -0.214. The summed E-state index contributed by atoms with van der Waals surface area (Å²) in [7, 11) is 0. The molecule has 1 aromatic carbocycles. The Balaban J connectivity index is 2.43. The molecular weight excluding hydrogens is 240 g/mol. The second-order valence-corrected chi connectivity index (χ2v) is 4.44. The van der Waals surface area contributed by atoms with Crippen LogP contribution in [-0.2, 0) is 6.42 Å². The van der Waals surface area contributed by atoms with Gasteiger partial charge in [-0.25, -0.2) is 4.98 Å². The molecule has 0 saturated heterocycles. The highest BCUT2D eigenvalue weighted by Crippen LogP contribution is 2.15. The first-order valence-corrected chi connectivity index (χ1v) is 5.86. The van der Waals surface area contributed by atoms with Crippen molar-refractivity contribution < 1.29 is 0 Å². The van der Waals surface area contributed by atoms with Gasteiger partial charge in [0.05, 0.1) is 17.3 Å². The third kappa shape index (κ3) is 2.63. The van der Waals surface area contributed by atoms with Crippen LogP contribution in [0.5, 0.6) is 0 Å². The summed E-state index contributed by atoms with van der Waals surface area (Å²) in [5.74, 6) is 0.128. The summed E-state index contributed by atoms with van der Waals surface area (Å²) in [6.07, 6.45) is 0.478. The second-order valence-electron chi connectivity index (χ2n) is 4.44. The zero-order valence-electron chi connectivity index (χ0n) is 10.8.